The Labute approximate surface area is 133 Å². The van der Waals surface area contributed by atoms with E-state index in [-0.39, 0.29) is 12.5 Å². The summed E-state index contributed by atoms with van der Waals surface area (Å²) in [7, 11) is 0. The number of carbonyl (C=O) groups is 1. The molecule has 4 rings (SSSR count). The number of rotatable bonds is 2. The van der Waals surface area contributed by atoms with Crippen molar-refractivity contribution in [3.8, 4) is 11.5 Å². The third-order valence-corrected chi connectivity index (χ3v) is 4.03. The van der Waals surface area contributed by atoms with E-state index in [1.54, 1.807) is 6.07 Å². The molecule has 1 aliphatic heterocycles. The van der Waals surface area contributed by atoms with Crippen LogP contribution < -0.4 is 14.9 Å². The molecule has 0 unspecified atom stereocenters. The van der Waals surface area contributed by atoms with Gasteiger partial charge in [-0.15, -0.1) is 0 Å². The molecule has 1 N–H and O–H groups in total. The van der Waals surface area contributed by atoms with Crippen LogP contribution in [0.2, 0.25) is 0 Å². The molecule has 2 aromatic rings. The molecule has 116 valence electrons. The summed E-state index contributed by atoms with van der Waals surface area (Å²) in [5.41, 5.74) is 6.10. The number of hydrogen-bond acceptors (Lipinski definition) is 4. The lowest BCUT2D eigenvalue weighted by atomic mass is 10.1. The smallest absolute Gasteiger partial charge is 0.284 e. The molecule has 1 aliphatic carbocycles. The van der Waals surface area contributed by atoms with Gasteiger partial charge < -0.3 is 9.47 Å². The fraction of sp³-hybridized carbons (Fsp3) is 0.222. The molecule has 0 radical (unpaired) electrons. The number of para-hydroxylation sites is 2. The largest absolute Gasteiger partial charge is 0.485 e. The highest BCUT2D eigenvalue weighted by Gasteiger charge is 2.27. The predicted molar refractivity (Wildman–Crippen MR) is 85.8 cm³/mol. The summed E-state index contributed by atoms with van der Waals surface area (Å²) in [6, 6.07) is 15.5. The zero-order valence-electron chi connectivity index (χ0n) is 12.5. The molecular weight excluding hydrogens is 292 g/mol. The molecule has 2 aromatic carbocycles. The van der Waals surface area contributed by atoms with Crippen molar-refractivity contribution < 1.29 is 14.3 Å². The Hall–Kier alpha value is -2.82. The summed E-state index contributed by atoms with van der Waals surface area (Å²) in [6.07, 6.45) is 0.876. The number of benzene rings is 2. The highest BCUT2D eigenvalue weighted by atomic mass is 16.6. The Morgan fingerprint density at radius 3 is 2.39 bits per heavy atom. The molecule has 1 atom stereocenters. The van der Waals surface area contributed by atoms with Crippen LogP contribution in [0.3, 0.4) is 0 Å². The van der Waals surface area contributed by atoms with E-state index < -0.39 is 6.10 Å². The second-order valence-electron chi connectivity index (χ2n) is 5.64. The van der Waals surface area contributed by atoms with Crippen molar-refractivity contribution in [3.63, 3.8) is 0 Å². The van der Waals surface area contributed by atoms with Gasteiger partial charge in [0.2, 0.25) is 6.10 Å². The monoisotopic (exact) mass is 308 g/mol. The molecule has 0 bridgehead atoms. The number of hydrazone groups is 1. The van der Waals surface area contributed by atoms with E-state index in [2.05, 4.69) is 22.7 Å². The summed E-state index contributed by atoms with van der Waals surface area (Å²) in [6.45, 7) is 0.188. The summed E-state index contributed by atoms with van der Waals surface area (Å²) in [4.78, 5) is 12.2. The maximum atomic E-state index is 12.2. The van der Waals surface area contributed by atoms with E-state index in [1.807, 2.05) is 30.3 Å². The van der Waals surface area contributed by atoms with Crippen molar-refractivity contribution in [3.05, 3.63) is 59.7 Å². The molecule has 5 nitrogen and oxygen atoms in total. The lowest BCUT2D eigenvalue weighted by molar-refractivity contribution is -0.130. The fourth-order valence-corrected chi connectivity index (χ4v) is 2.84. The standard InChI is InChI=1S/C18H16N2O3/c21-18(17-11-22-15-7-3-4-8-16(15)23-17)20-19-14-9-12-5-1-2-6-13(12)10-14/h1-8,17H,9-11H2,(H,20,21)/t17-/m0/s1. The second kappa shape index (κ2) is 5.76. The normalized spacial score (nSPS) is 18.3. The number of ether oxygens (including phenoxy) is 2. The topological polar surface area (TPSA) is 59.9 Å². The van der Waals surface area contributed by atoms with E-state index in [0.29, 0.717) is 11.5 Å². The Morgan fingerprint density at radius 2 is 1.65 bits per heavy atom. The maximum absolute atomic E-state index is 12.2. The van der Waals surface area contributed by atoms with Crippen LogP contribution in [0.25, 0.3) is 0 Å². The number of nitrogens with one attached hydrogen (secondary N) is 1. The van der Waals surface area contributed by atoms with Crippen molar-refractivity contribution in [2.75, 3.05) is 6.61 Å². The van der Waals surface area contributed by atoms with Gasteiger partial charge in [0.15, 0.2) is 11.5 Å². The molecule has 0 saturated heterocycles. The lowest BCUT2D eigenvalue weighted by Gasteiger charge is -2.24. The molecule has 1 heterocycles. The first-order valence-corrected chi connectivity index (χ1v) is 7.60. The molecule has 0 spiro atoms. The van der Waals surface area contributed by atoms with Gasteiger partial charge in [-0.1, -0.05) is 36.4 Å². The first-order valence-electron chi connectivity index (χ1n) is 7.60. The van der Waals surface area contributed by atoms with Crippen molar-refractivity contribution in [2.45, 2.75) is 18.9 Å². The van der Waals surface area contributed by atoms with Gasteiger partial charge in [-0.05, 0) is 23.3 Å². The molecular formula is C18H16N2O3. The van der Waals surface area contributed by atoms with Gasteiger partial charge in [-0.3, -0.25) is 4.79 Å². The highest BCUT2D eigenvalue weighted by molar-refractivity contribution is 5.94. The molecule has 0 fully saturated rings. The third kappa shape index (κ3) is 2.77. The van der Waals surface area contributed by atoms with Gasteiger partial charge in [0.05, 0.1) is 0 Å². The number of fused-ring (bicyclic) bond motifs is 2. The van der Waals surface area contributed by atoms with Crippen molar-refractivity contribution in [2.24, 2.45) is 5.10 Å². The number of amides is 1. The Morgan fingerprint density at radius 1 is 1.00 bits per heavy atom. The average Bonchev–Trinajstić information content (AvgIpc) is 3.02. The number of carbonyl (C=O) groups excluding carboxylic acids is 1. The second-order valence-corrected chi connectivity index (χ2v) is 5.64. The van der Waals surface area contributed by atoms with E-state index in [4.69, 9.17) is 9.47 Å². The summed E-state index contributed by atoms with van der Waals surface area (Å²) in [5.74, 6) is 0.955. The first-order chi connectivity index (χ1) is 11.3. The van der Waals surface area contributed by atoms with E-state index >= 15 is 0 Å². The fourth-order valence-electron chi connectivity index (χ4n) is 2.84. The highest BCUT2D eigenvalue weighted by Crippen LogP contribution is 2.30. The van der Waals surface area contributed by atoms with Crippen LogP contribution in [-0.4, -0.2) is 24.3 Å². The molecule has 0 saturated carbocycles. The Bertz CT molecular complexity index is 758. The van der Waals surface area contributed by atoms with Crippen LogP contribution in [-0.2, 0) is 17.6 Å². The average molecular weight is 308 g/mol. The van der Waals surface area contributed by atoms with Crippen LogP contribution >= 0.6 is 0 Å². The molecule has 2 aliphatic rings. The zero-order valence-corrected chi connectivity index (χ0v) is 12.5. The van der Waals surface area contributed by atoms with Gasteiger partial charge in [-0.25, -0.2) is 5.43 Å². The van der Waals surface area contributed by atoms with Crippen LogP contribution in [0.1, 0.15) is 11.1 Å². The van der Waals surface area contributed by atoms with Crippen LogP contribution in [0, 0.1) is 0 Å². The molecule has 1 amide bonds. The van der Waals surface area contributed by atoms with Crippen LogP contribution in [0.15, 0.2) is 53.6 Å². The Kier molecular flexibility index (Phi) is 3.46. The lowest BCUT2D eigenvalue weighted by Crippen LogP contribution is -2.42. The Balaban J connectivity index is 1.39. The van der Waals surface area contributed by atoms with E-state index in [9.17, 15) is 4.79 Å². The number of nitrogens with zero attached hydrogens (tertiary/aromatic N) is 1. The summed E-state index contributed by atoms with van der Waals surface area (Å²) in [5, 5.41) is 4.25. The predicted octanol–water partition coefficient (Wildman–Crippen LogP) is 2.10. The van der Waals surface area contributed by atoms with Crippen molar-refractivity contribution in [1.82, 2.24) is 5.43 Å². The zero-order chi connectivity index (χ0) is 15.6. The van der Waals surface area contributed by atoms with E-state index in [0.717, 1.165) is 18.6 Å². The SMILES string of the molecule is O=C(NN=C1Cc2ccccc2C1)[C@@H]1COc2ccccc2O1. The van der Waals surface area contributed by atoms with Crippen molar-refractivity contribution in [1.29, 1.82) is 0 Å². The maximum Gasteiger partial charge on any atom is 0.284 e. The molecule has 0 aromatic heterocycles. The summed E-state index contributed by atoms with van der Waals surface area (Å²) >= 11 is 0. The minimum absolute atomic E-state index is 0.188. The minimum Gasteiger partial charge on any atom is -0.485 e. The number of hydrogen-bond donors (Lipinski definition) is 1. The summed E-state index contributed by atoms with van der Waals surface area (Å²) < 4.78 is 11.2. The van der Waals surface area contributed by atoms with Crippen LogP contribution in [0.4, 0.5) is 0 Å². The third-order valence-electron chi connectivity index (χ3n) is 4.03. The van der Waals surface area contributed by atoms with Gasteiger partial charge in [0.1, 0.15) is 6.61 Å². The van der Waals surface area contributed by atoms with Gasteiger partial charge in [-0.2, -0.15) is 5.10 Å². The van der Waals surface area contributed by atoms with E-state index in [1.165, 1.54) is 11.1 Å². The van der Waals surface area contributed by atoms with Gasteiger partial charge in [0, 0.05) is 18.6 Å². The minimum atomic E-state index is -0.682. The molecule has 23 heavy (non-hydrogen) atoms. The molecule has 5 heteroatoms. The van der Waals surface area contributed by atoms with Gasteiger partial charge in [0.25, 0.3) is 5.91 Å². The van der Waals surface area contributed by atoms with Crippen molar-refractivity contribution >= 4 is 11.6 Å². The van der Waals surface area contributed by atoms with Gasteiger partial charge >= 0.3 is 0 Å². The quantitative estimate of drug-likeness (QED) is 0.864. The van der Waals surface area contributed by atoms with Crippen LogP contribution in [0.5, 0.6) is 11.5 Å². The first kappa shape index (κ1) is 13.8.